The highest BCUT2D eigenvalue weighted by atomic mass is 79.9. The van der Waals surface area contributed by atoms with Crippen molar-refractivity contribution in [2.75, 3.05) is 24.7 Å². The molecule has 1 aromatic carbocycles. The first-order valence-corrected chi connectivity index (χ1v) is 7.38. The summed E-state index contributed by atoms with van der Waals surface area (Å²) in [7, 11) is 0. The molecule has 0 aliphatic carbocycles. The topological polar surface area (TPSA) is 12.5 Å². The number of hydrogen-bond donors (Lipinski definition) is 0. The third kappa shape index (κ3) is 2.83. The third-order valence-corrected chi connectivity index (χ3v) is 4.10. The lowest BCUT2D eigenvalue weighted by Crippen LogP contribution is -2.45. The average Bonchev–Trinajstić information content (AvgIpc) is 2.38. The van der Waals surface area contributed by atoms with Crippen LogP contribution in [0.4, 0.5) is 5.69 Å². The van der Waals surface area contributed by atoms with Crippen molar-refractivity contribution in [1.82, 2.24) is 0 Å². The van der Waals surface area contributed by atoms with Gasteiger partial charge >= 0.3 is 0 Å². The van der Waals surface area contributed by atoms with Crippen LogP contribution in [0.2, 0.25) is 0 Å². The molecule has 1 heterocycles. The molecule has 0 bridgehead atoms. The van der Waals surface area contributed by atoms with Crippen LogP contribution in [-0.4, -0.2) is 25.8 Å². The predicted molar refractivity (Wildman–Crippen MR) is 76.1 cm³/mol. The summed E-state index contributed by atoms with van der Waals surface area (Å²) in [4.78, 5) is 2.48. The molecule has 0 spiro atoms. The number of anilines is 1. The Bertz CT molecular complexity index is 380. The van der Waals surface area contributed by atoms with Crippen molar-refractivity contribution in [3.8, 4) is 0 Å². The minimum Gasteiger partial charge on any atom is -0.377 e. The first kappa shape index (κ1) is 12.9. The van der Waals surface area contributed by atoms with Crippen molar-refractivity contribution < 1.29 is 4.74 Å². The molecule has 94 valence electrons. The lowest BCUT2D eigenvalue weighted by molar-refractivity contribution is 0.0930. The summed E-state index contributed by atoms with van der Waals surface area (Å²) in [5.74, 6) is 0. The number of morpholine rings is 1. The van der Waals surface area contributed by atoms with E-state index in [-0.39, 0.29) is 0 Å². The zero-order valence-electron chi connectivity index (χ0n) is 10.6. The Kier molecular flexibility index (Phi) is 4.46. The maximum atomic E-state index is 5.55. The second-order valence-corrected chi connectivity index (χ2v) is 5.14. The van der Waals surface area contributed by atoms with Crippen molar-refractivity contribution in [3.63, 3.8) is 0 Å². The van der Waals surface area contributed by atoms with Crippen LogP contribution >= 0.6 is 15.9 Å². The number of halogens is 1. The fourth-order valence-electron chi connectivity index (χ4n) is 2.34. The molecule has 1 unspecified atom stereocenters. The van der Waals surface area contributed by atoms with Crippen LogP contribution < -0.4 is 4.90 Å². The van der Waals surface area contributed by atoms with Gasteiger partial charge in [0.1, 0.15) is 0 Å². The summed E-state index contributed by atoms with van der Waals surface area (Å²) in [6.07, 6.45) is 1.14. The van der Waals surface area contributed by atoms with Gasteiger partial charge in [0.2, 0.25) is 0 Å². The Morgan fingerprint density at radius 2 is 2.29 bits per heavy atom. The van der Waals surface area contributed by atoms with E-state index in [1.807, 2.05) is 0 Å². The fraction of sp³-hybridized carbons (Fsp3) is 0.571. The molecule has 1 aliphatic heterocycles. The fourth-order valence-corrected chi connectivity index (χ4v) is 2.97. The lowest BCUT2D eigenvalue weighted by atomic mass is 10.1. The number of rotatable bonds is 3. The summed E-state index contributed by atoms with van der Waals surface area (Å²) in [5, 5.41) is 0.930. The number of alkyl halides is 1. The van der Waals surface area contributed by atoms with Crippen LogP contribution in [0.5, 0.6) is 0 Å². The predicted octanol–water partition coefficient (Wildman–Crippen LogP) is 3.51. The van der Waals surface area contributed by atoms with Crippen LogP contribution in [0, 0.1) is 6.92 Å². The van der Waals surface area contributed by atoms with Gasteiger partial charge in [0.25, 0.3) is 0 Å². The molecule has 1 fully saturated rings. The monoisotopic (exact) mass is 297 g/mol. The van der Waals surface area contributed by atoms with Gasteiger partial charge in [-0.05, 0) is 36.6 Å². The minimum atomic E-state index is 0.526. The molecule has 1 atom stereocenters. The number of nitrogens with zero attached hydrogens (tertiary/aromatic N) is 1. The van der Waals surface area contributed by atoms with Crippen LogP contribution in [-0.2, 0) is 10.1 Å². The third-order valence-electron chi connectivity index (χ3n) is 3.50. The Balaban J connectivity index is 2.23. The molecular weight excluding hydrogens is 278 g/mol. The molecule has 0 N–H and O–H groups in total. The minimum absolute atomic E-state index is 0.526. The van der Waals surface area contributed by atoms with E-state index in [9.17, 15) is 0 Å². The summed E-state index contributed by atoms with van der Waals surface area (Å²) in [5.41, 5.74) is 4.07. The molecular formula is C14H20BrNO. The van der Waals surface area contributed by atoms with Gasteiger partial charge in [-0.1, -0.05) is 28.9 Å². The Hall–Kier alpha value is -0.540. The maximum absolute atomic E-state index is 5.55. The van der Waals surface area contributed by atoms with Crippen molar-refractivity contribution in [2.24, 2.45) is 0 Å². The lowest BCUT2D eigenvalue weighted by Gasteiger charge is -2.37. The summed E-state index contributed by atoms with van der Waals surface area (Å²) < 4.78 is 5.55. The summed E-state index contributed by atoms with van der Waals surface area (Å²) in [6, 6.07) is 7.28. The Labute approximate surface area is 112 Å². The summed E-state index contributed by atoms with van der Waals surface area (Å²) >= 11 is 3.52. The molecule has 2 rings (SSSR count). The van der Waals surface area contributed by atoms with Gasteiger partial charge in [0, 0.05) is 17.6 Å². The molecule has 1 saturated heterocycles. The number of hydrogen-bond acceptors (Lipinski definition) is 2. The van der Waals surface area contributed by atoms with Crippen LogP contribution in [0.25, 0.3) is 0 Å². The SMILES string of the molecule is CCC1COCCN1c1ccc(CBr)c(C)c1. The molecule has 0 saturated carbocycles. The second kappa shape index (κ2) is 5.87. The van der Waals surface area contributed by atoms with Gasteiger partial charge in [0.15, 0.2) is 0 Å². The quantitative estimate of drug-likeness (QED) is 0.792. The maximum Gasteiger partial charge on any atom is 0.0670 e. The highest BCUT2D eigenvalue weighted by molar-refractivity contribution is 9.08. The molecule has 1 aliphatic rings. The van der Waals surface area contributed by atoms with Gasteiger partial charge in [0.05, 0.1) is 19.3 Å². The van der Waals surface area contributed by atoms with E-state index in [4.69, 9.17) is 4.74 Å². The zero-order valence-corrected chi connectivity index (χ0v) is 12.2. The molecule has 3 heteroatoms. The largest absolute Gasteiger partial charge is 0.377 e. The van der Waals surface area contributed by atoms with Gasteiger partial charge < -0.3 is 9.64 Å². The van der Waals surface area contributed by atoms with E-state index in [2.05, 4.69) is 52.9 Å². The highest BCUT2D eigenvalue weighted by Gasteiger charge is 2.21. The molecule has 0 aromatic heterocycles. The van der Waals surface area contributed by atoms with Gasteiger partial charge in [-0.25, -0.2) is 0 Å². The van der Waals surface area contributed by atoms with E-state index in [0.29, 0.717) is 6.04 Å². The van der Waals surface area contributed by atoms with Crippen LogP contribution in [0.1, 0.15) is 24.5 Å². The van der Waals surface area contributed by atoms with E-state index < -0.39 is 0 Å². The smallest absolute Gasteiger partial charge is 0.0670 e. The van der Waals surface area contributed by atoms with Crippen molar-refractivity contribution in [2.45, 2.75) is 31.6 Å². The van der Waals surface area contributed by atoms with E-state index >= 15 is 0 Å². The van der Waals surface area contributed by atoms with Crippen molar-refractivity contribution >= 4 is 21.6 Å². The Morgan fingerprint density at radius 1 is 1.47 bits per heavy atom. The van der Waals surface area contributed by atoms with Crippen molar-refractivity contribution in [1.29, 1.82) is 0 Å². The Morgan fingerprint density at radius 3 is 2.94 bits per heavy atom. The number of aryl methyl sites for hydroxylation is 1. The second-order valence-electron chi connectivity index (χ2n) is 4.57. The van der Waals surface area contributed by atoms with Crippen LogP contribution in [0.15, 0.2) is 18.2 Å². The number of benzene rings is 1. The first-order chi connectivity index (χ1) is 8.26. The van der Waals surface area contributed by atoms with Gasteiger partial charge in [-0.2, -0.15) is 0 Å². The number of ether oxygens (including phenoxy) is 1. The van der Waals surface area contributed by atoms with Gasteiger partial charge in [-0.15, -0.1) is 0 Å². The van der Waals surface area contributed by atoms with E-state index in [1.54, 1.807) is 0 Å². The standard InChI is InChI=1S/C14H20BrNO/c1-3-13-10-17-7-6-16(13)14-5-4-12(9-15)11(2)8-14/h4-5,8,13H,3,6-7,9-10H2,1-2H3. The normalized spacial score (nSPS) is 20.6. The highest BCUT2D eigenvalue weighted by Crippen LogP contribution is 2.24. The average molecular weight is 298 g/mol. The summed E-state index contributed by atoms with van der Waals surface area (Å²) in [6.45, 7) is 7.12. The first-order valence-electron chi connectivity index (χ1n) is 6.26. The molecule has 2 nitrogen and oxygen atoms in total. The van der Waals surface area contributed by atoms with E-state index in [0.717, 1.165) is 31.5 Å². The molecule has 1 aromatic rings. The van der Waals surface area contributed by atoms with E-state index in [1.165, 1.54) is 16.8 Å². The van der Waals surface area contributed by atoms with Crippen LogP contribution in [0.3, 0.4) is 0 Å². The van der Waals surface area contributed by atoms with Gasteiger partial charge in [-0.3, -0.25) is 0 Å². The molecule has 0 radical (unpaired) electrons. The molecule has 0 amide bonds. The molecule has 17 heavy (non-hydrogen) atoms. The van der Waals surface area contributed by atoms with Crippen molar-refractivity contribution in [3.05, 3.63) is 29.3 Å². The zero-order chi connectivity index (χ0) is 12.3.